The number of rotatable bonds is 4. The van der Waals surface area contributed by atoms with Gasteiger partial charge >= 0.3 is 0 Å². The van der Waals surface area contributed by atoms with Crippen LogP contribution in [0.2, 0.25) is 0 Å². The number of hydrogen-bond donors (Lipinski definition) is 2. The summed E-state index contributed by atoms with van der Waals surface area (Å²) in [5, 5.41) is 7.27. The molecule has 0 spiro atoms. The largest absolute Gasteiger partial charge is 0.370 e. The first kappa shape index (κ1) is 17.5. The van der Waals surface area contributed by atoms with Crippen LogP contribution in [0, 0.1) is 6.92 Å². The van der Waals surface area contributed by atoms with Crippen molar-refractivity contribution in [3.05, 3.63) is 47.3 Å². The van der Waals surface area contributed by atoms with E-state index in [0.717, 1.165) is 23.4 Å². The molecule has 0 radical (unpaired) electrons. The third kappa shape index (κ3) is 4.73. The normalized spacial score (nSPS) is 11.1. The van der Waals surface area contributed by atoms with Crippen LogP contribution in [-0.4, -0.2) is 15.7 Å². The second-order valence-electron chi connectivity index (χ2n) is 4.76. The summed E-state index contributed by atoms with van der Waals surface area (Å²) in [5.74, 6) is 0.414. The second kappa shape index (κ2) is 8.02. The third-order valence-corrected chi connectivity index (χ3v) is 3.39. The standard InChI is InChI=1S/C15H21N5.HI/c1-4-12-5-7-14(8-6-12)19-15(16)17-9-13-10-18-20(3)11(13)2;/h5-8,10H,4,9H2,1-3H3,(H3,16,17,19);1H. The van der Waals surface area contributed by atoms with Gasteiger partial charge in [0.15, 0.2) is 5.96 Å². The Kier molecular flexibility index (Phi) is 6.67. The van der Waals surface area contributed by atoms with E-state index in [1.807, 2.05) is 37.0 Å². The van der Waals surface area contributed by atoms with Crippen LogP contribution >= 0.6 is 24.0 Å². The number of hydrogen-bond acceptors (Lipinski definition) is 2. The zero-order chi connectivity index (χ0) is 14.5. The average Bonchev–Trinajstić information content (AvgIpc) is 2.77. The molecular formula is C15H22IN5. The van der Waals surface area contributed by atoms with Gasteiger partial charge in [0.25, 0.3) is 0 Å². The predicted molar refractivity (Wildman–Crippen MR) is 98.1 cm³/mol. The molecule has 21 heavy (non-hydrogen) atoms. The van der Waals surface area contributed by atoms with Gasteiger partial charge in [-0.1, -0.05) is 19.1 Å². The van der Waals surface area contributed by atoms with Crippen molar-refractivity contribution in [2.24, 2.45) is 17.8 Å². The van der Waals surface area contributed by atoms with Crippen molar-refractivity contribution in [1.29, 1.82) is 0 Å². The van der Waals surface area contributed by atoms with E-state index in [0.29, 0.717) is 12.5 Å². The highest BCUT2D eigenvalue weighted by atomic mass is 127. The van der Waals surface area contributed by atoms with Gasteiger partial charge in [-0.2, -0.15) is 5.10 Å². The van der Waals surface area contributed by atoms with Crippen LogP contribution in [0.4, 0.5) is 5.69 Å². The number of benzene rings is 1. The molecule has 1 aromatic heterocycles. The number of guanidine groups is 1. The summed E-state index contributed by atoms with van der Waals surface area (Å²) >= 11 is 0. The molecule has 0 saturated heterocycles. The summed E-state index contributed by atoms with van der Waals surface area (Å²) in [6.07, 6.45) is 2.85. The lowest BCUT2D eigenvalue weighted by atomic mass is 10.1. The SMILES string of the molecule is CCc1ccc(NC(N)=NCc2cnn(C)c2C)cc1.I. The average molecular weight is 399 g/mol. The van der Waals surface area contributed by atoms with Crippen LogP contribution < -0.4 is 11.1 Å². The molecule has 0 aliphatic heterocycles. The van der Waals surface area contributed by atoms with Gasteiger partial charge in [-0.15, -0.1) is 24.0 Å². The molecule has 0 bridgehead atoms. The Morgan fingerprint density at radius 3 is 2.52 bits per heavy atom. The first-order chi connectivity index (χ1) is 9.60. The third-order valence-electron chi connectivity index (χ3n) is 3.39. The number of nitrogens with zero attached hydrogens (tertiary/aromatic N) is 3. The maximum Gasteiger partial charge on any atom is 0.193 e. The van der Waals surface area contributed by atoms with Crippen molar-refractivity contribution in [3.8, 4) is 0 Å². The first-order valence-electron chi connectivity index (χ1n) is 6.73. The van der Waals surface area contributed by atoms with E-state index in [9.17, 15) is 0 Å². The van der Waals surface area contributed by atoms with E-state index in [1.54, 1.807) is 0 Å². The molecule has 3 N–H and O–H groups in total. The highest BCUT2D eigenvalue weighted by Crippen LogP contribution is 2.10. The van der Waals surface area contributed by atoms with Crippen molar-refractivity contribution in [3.63, 3.8) is 0 Å². The van der Waals surface area contributed by atoms with E-state index in [2.05, 4.69) is 34.5 Å². The number of anilines is 1. The van der Waals surface area contributed by atoms with Gasteiger partial charge in [0.05, 0.1) is 12.7 Å². The topological polar surface area (TPSA) is 68.2 Å². The molecule has 0 amide bonds. The number of halogens is 1. The molecule has 1 heterocycles. The predicted octanol–water partition coefficient (Wildman–Crippen LogP) is 2.84. The fourth-order valence-electron chi connectivity index (χ4n) is 1.88. The summed E-state index contributed by atoms with van der Waals surface area (Å²) in [7, 11) is 1.92. The molecule has 114 valence electrons. The van der Waals surface area contributed by atoms with Gasteiger partial charge in [-0.05, 0) is 31.0 Å². The quantitative estimate of drug-likeness (QED) is 0.472. The second-order valence-corrected chi connectivity index (χ2v) is 4.76. The minimum Gasteiger partial charge on any atom is -0.370 e. The Morgan fingerprint density at radius 2 is 2.00 bits per heavy atom. The molecule has 6 heteroatoms. The minimum absolute atomic E-state index is 0. The van der Waals surface area contributed by atoms with E-state index in [1.165, 1.54) is 5.56 Å². The molecule has 2 aromatic rings. The Balaban J connectivity index is 0.00000220. The summed E-state index contributed by atoms with van der Waals surface area (Å²) < 4.78 is 1.83. The van der Waals surface area contributed by atoms with Crippen LogP contribution in [0.15, 0.2) is 35.5 Å². The van der Waals surface area contributed by atoms with Gasteiger partial charge in [-0.3, -0.25) is 4.68 Å². The van der Waals surface area contributed by atoms with Crippen molar-refractivity contribution in [2.45, 2.75) is 26.8 Å². The molecule has 5 nitrogen and oxygen atoms in total. The van der Waals surface area contributed by atoms with Crippen LogP contribution in [0.1, 0.15) is 23.7 Å². The highest BCUT2D eigenvalue weighted by Gasteiger charge is 2.02. The lowest BCUT2D eigenvalue weighted by Gasteiger charge is -2.06. The van der Waals surface area contributed by atoms with Crippen LogP contribution in [0.25, 0.3) is 0 Å². The smallest absolute Gasteiger partial charge is 0.193 e. The number of nitrogens with two attached hydrogens (primary N) is 1. The van der Waals surface area contributed by atoms with Crippen molar-refractivity contribution in [2.75, 3.05) is 5.32 Å². The molecule has 0 unspecified atom stereocenters. The van der Waals surface area contributed by atoms with Crippen LogP contribution in [0.3, 0.4) is 0 Å². The highest BCUT2D eigenvalue weighted by molar-refractivity contribution is 14.0. The summed E-state index contributed by atoms with van der Waals surface area (Å²) in [6, 6.07) is 8.19. The van der Waals surface area contributed by atoms with E-state index in [-0.39, 0.29) is 24.0 Å². The lowest BCUT2D eigenvalue weighted by molar-refractivity contribution is 0.737. The molecule has 0 fully saturated rings. The first-order valence-corrected chi connectivity index (χ1v) is 6.73. The fraction of sp³-hybridized carbons (Fsp3) is 0.333. The van der Waals surface area contributed by atoms with E-state index in [4.69, 9.17) is 5.73 Å². The molecular weight excluding hydrogens is 377 g/mol. The summed E-state index contributed by atoms with van der Waals surface area (Å²) in [5.41, 5.74) is 10.3. The fourth-order valence-corrected chi connectivity index (χ4v) is 1.88. The maximum atomic E-state index is 5.89. The van der Waals surface area contributed by atoms with E-state index >= 15 is 0 Å². The number of aliphatic imine (C=N–C) groups is 1. The lowest BCUT2D eigenvalue weighted by Crippen LogP contribution is -2.22. The van der Waals surface area contributed by atoms with Crippen molar-refractivity contribution in [1.82, 2.24) is 9.78 Å². The summed E-state index contributed by atoms with van der Waals surface area (Å²) in [6.45, 7) is 4.69. The monoisotopic (exact) mass is 399 g/mol. The Labute approximate surface area is 142 Å². The zero-order valence-electron chi connectivity index (χ0n) is 12.6. The summed E-state index contributed by atoms with van der Waals surface area (Å²) in [4.78, 5) is 4.34. The number of aryl methyl sites for hydroxylation is 2. The molecule has 2 rings (SSSR count). The molecule has 0 saturated carbocycles. The Bertz CT molecular complexity index is 601. The maximum absolute atomic E-state index is 5.89. The number of nitrogens with one attached hydrogen (secondary N) is 1. The Morgan fingerprint density at radius 1 is 1.33 bits per heavy atom. The molecule has 0 atom stereocenters. The zero-order valence-corrected chi connectivity index (χ0v) is 15.0. The molecule has 0 aliphatic carbocycles. The van der Waals surface area contributed by atoms with E-state index < -0.39 is 0 Å². The van der Waals surface area contributed by atoms with Crippen LogP contribution in [0.5, 0.6) is 0 Å². The number of aromatic nitrogens is 2. The molecule has 1 aromatic carbocycles. The van der Waals surface area contributed by atoms with Crippen molar-refractivity contribution >= 4 is 35.6 Å². The van der Waals surface area contributed by atoms with Gasteiger partial charge in [0.1, 0.15) is 0 Å². The Hall–Kier alpha value is -1.57. The van der Waals surface area contributed by atoms with Crippen molar-refractivity contribution < 1.29 is 0 Å². The van der Waals surface area contributed by atoms with Gasteiger partial charge in [0.2, 0.25) is 0 Å². The van der Waals surface area contributed by atoms with Gasteiger partial charge < -0.3 is 11.1 Å². The molecule has 0 aliphatic rings. The minimum atomic E-state index is 0. The van der Waals surface area contributed by atoms with Gasteiger partial charge in [0, 0.05) is 24.0 Å². The van der Waals surface area contributed by atoms with Gasteiger partial charge in [-0.25, -0.2) is 4.99 Å². The van der Waals surface area contributed by atoms with Crippen LogP contribution in [-0.2, 0) is 20.0 Å².